The highest BCUT2D eigenvalue weighted by molar-refractivity contribution is 5.45. The average molecular weight is 246 g/mol. The summed E-state index contributed by atoms with van der Waals surface area (Å²) in [6.07, 6.45) is 2.16. The predicted molar refractivity (Wildman–Crippen MR) is 63.2 cm³/mol. The summed E-state index contributed by atoms with van der Waals surface area (Å²) in [5.74, 6) is 0.653. The van der Waals surface area contributed by atoms with Gasteiger partial charge in [0.25, 0.3) is 5.69 Å². The van der Waals surface area contributed by atoms with Gasteiger partial charge in [0.1, 0.15) is 5.69 Å². The van der Waals surface area contributed by atoms with Crippen LogP contribution in [-0.2, 0) is 6.42 Å². The molecule has 0 saturated carbocycles. The van der Waals surface area contributed by atoms with Crippen LogP contribution in [0.5, 0.6) is 0 Å². The highest BCUT2D eigenvalue weighted by Crippen LogP contribution is 2.23. The molecule has 92 valence electrons. The number of azo groups is 1. The van der Waals surface area contributed by atoms with E-state index in [1.54, 1.807) is 0 Å². The van der Waals surface area contributed by atoms with Crippen molar-refractivity contribution in [3.63, 3.8) is 0 Å². The number of non-ortho nitro benzene ring substituents is 1. The van der Waals surface area contributed by atoms with Gasteiger partial charge in [0.2, 0.25) is 0 Å². The lowest BCUT2D eigenvalue weighted by molar-refractivity contribution is -0.384. The highest BCUT2D eigenvalue weighted by atomic mass is 16.6. The Morgan fingerprint density at radius 3 is 2.67 bits per heavy atom. The largest absolute Gasteiger partial charge is 0.359 e. The van der Waals surface area contributed by atoms with Crippen LogP contribution in [0.4, 0.5) is 17.1 Å². The average Bonchev–Trinajstić information content (AvgIpc) is 2.84. The van der Waals surface area contributed by atoms with E-state index in [-0.39, 0.29) is 5.69 Å². The molecule has 1 aromatic heterocycles. The number of rotatable bonds is 4. The van der Waals surface area contributed by atoms with E-state index in [1.165, 1.54) is 30.5 Å². The standard InChI is InChI=1S/C11H10N4O3/c1-2-11-10(7-12-18-11)14-13-8-3-5-9(6-4-8)15(16)17/h3-7H,2H2,1H3. The molecule has 0 unspecified atom stereocenters. The van der Waals surface area contributed by atoms with Crippen molar-refractivity contribution in [1.29, 1.82) is 0 Å². The predicted octanol–water partition coefficient (Wildman–Crippen LogP) is 3.56. The van der Waals surface area contributed by atoms with Gasteiger partial charge in [-0.15, -0.1) is 5.11 Å². The molecule has 0 aliphatic carbocycles. The van der Waals surface area contributed by atoms with Crippen molar-refractivity contribution < 1.29 is 9.45 Å². The van der Waals surface area contributed by atoms with Crippen LogP contribution >= 0.6 is 0 Å². The fourth-order valence-electron chi connectivity index (χ4n) is 1.34. The summed E-state index contributed by atoms with van der Waals surface area (Å²) in [6.45, 7) is 1.92. The molecule has 0 amide bonds. The van der Waals surface area contributed by atoms with Crippen LogP contribution in [-0.4, -0.2) is 10.1 Å². The first-order valence-electron chi connectivity index (χ1n) is 5.30. The Morgan fingerprint density at radius 1 is 1.33 bits per heavy atom. The summed E-state index contributed by atoms with van der Waals surface area (Å²) >= 11 is 0. The zero-order valence-corrected chi connectivity index (χ0v) is 9.61. The van der Waals surface area contributed by atoms with Gasteiger partial charge in [-0.3, -0.25) is 10.1 Å². The third-order valence-corrected chi connectivity index (χ3v) is 2.28. The Balaban J connectivity index is 2.16. The summed E-state index contributed by atoms with van der Waals surface area (Å²) in [6, 6.07) is 5.81. The van der Waals surface area contributed by atoms with Crippen molar-refractivity contribution in [2.24, 2.45) is 10.2 Å². The number of aromatic nitrogens is 1. The number of nitrogens with zero attached hydrogens (tertiary/aromatic N) is 4. The minimum absolute atomic E-state index is 0.0215. The molecule has 0 aliphatic heterocycles. The maximum atomic E-state index is 10.5. The second-order valence-electron chi connectivity index (χ2n) is 3.46. The van der Waals surface area contributed by atoms with Crippen molar-refractivity contribution in [3.05, 3.63) is 46.3 Å². The molecule has 0 spiro atoms. The van der Waals surface area contributed by atoms with E-state index in [0.29, 0.717) is 23.6 Å². The molecule has 0 atom stereocenters. The molecule has 7 nitrogen and oxygen atoms in total. The first-order chi connectivity index (χ1) is 8.70. The molecule has 0 radical (unpaired) electrons. The van der Waals surface area contributed by atoms with Crippen molar-refractivity contribution in [2.45, 2.75) is 13.3 Å². The maximum absolute atomic E-state index is 10.5. The van der Waals surface area contributed by atoms with Crippen molar-refractivity contribution in [1.82, 2.24) is 5.16 Å². The molecule has 7 heteroatoms. The molecule has 18 heavy (non-hydrogen) atoms. The van der Waals surface area contributed by atoms with Crippen LogP contribution in [0.1, 0.15) is 12.7 Å². The van der Waals surface area contributed by atoms with E-state index in [0.717, 1.165) is 0 Å². The van der Waals surface area contributed by atoms with Crippen LogP contribution in [0, 0.1) is 10.1 Å². The highest BCUT2D eigenvalue weighted by Gasteiger charge is 2.05. The van der Waals surface area contributed by atoms with Crippen LogP contribution < -0.4 is 0 Å². The molecule has 1 aromatic carbocycles. The normalized spacial score (nSPS) is 10.9. The molecule has 0 saturated heterocycles. The quantitative estimate of drug-likeness (QED) is 0.468. The first-order valence-corrected chi connectivity index (χ1v) is 5.30. The Hall–Kier alpha value is -2.57. The molecule has 1 heterocycles. The number of nitro groups is 1. The first kappa shape index (κ1) is 11.9. The molecular formula is C11H10N4O3. The lowest BCUT2D eigenvalue weighted by Crippen LogP contribution is -1.85. The fourth-order valence-corrected chi connectivity index (χ4v) is 1.34. The number of hydrogen-bond donors (Lipinski definition) is 0. The van der Waals surface area contributed by atoms with E-state index in [9.17, 15) is 10.1 Å². The maximum Gasteiger partial charge on any atom is 0.269 e. The van der Waals surface area contributed by atoms with Crippen molar-refractivity contribution >= 4 is 17.1 Å². The van der Waals surface area contributed by atoms with Gasteiger partial charge in [0, 0.05) is 18.6 Å². The van der Waals surface area contributed by atoms with E-state index in [1.807, 2.05) is 6.92 Å². The van der Waals surface area contributed by atoms with Gasteiger partial charge in [0.05, 0.1) is 16.8 Å². The monoisotopic (exact) mass is 246 g/mol. The SMILES string of the molecule is CCc1oncc1N=Nc1ccc([N+](=O)[O-])cc1. The van der Waals surface area contributed by atoms with E-state index >= 15 is 0 Å². The zero-order chi connectivity index (χ0) is 13.0. The van der Waals surface area contributed by atoms with E-state index in [2.05, 4.69) is 15.4 Å². The fraction of sp³-hybridized carbons (Fsp3) is 0.182. The minimum Gasteiger partial charge on any atom is -0.359 e. The molecular weight excluding hydrogens is 236 g/mol. The Kier molecular flexibility index (Phi) is 3.42. The Labute approximate surface area is 102 Å². The Morgan fingerprint density at radius 2 is 2.06 bits per heavy atom. The zero-order valence-electron chi connectivity index (χ0n) is 9.61. The van der Waals surface area contributed by atoms with Crippen LogP contribution in [0.15, 0.2) is 45.2 Å². The van der Waals surface area contributed by atoms with Crippen LogP contribution in [0.2, 0.25) is 0 Å². The van der Waals surface area contributed by atoms with Gasteiger partial charge in [-0.1, -0.05) is 12.1 Å². The summed E-state index contributed by atoms with van der Waals surface area (Å²) < 4.78 is 4.96. The van der Waals surface area contributed by atoms with Crippen molar-refractivity contribution in [2.75, 3.05) is 0 Å². The van der Waals surface area contributed by atoms with Gasteiger partial charge < -0.3 is 4.52 Å². The summed E-state index contributed by atoms with van der Waals surface area (Å²) in [5, 5.41) is 22.0. The van der Waals surface area contributed by atoms with Gasteiger partial charge in [0.15, 0.2) is 5.76 Å². The van der Waals surface area contributed by atoms with Gasteiger partial charge in [-0.25, -0.2) is 0 Å². The van der Waals surface area contributed by atoms with E-state index < -0.39 is 4.92 Å². The van der Waals surface area contributed by atoms with Gasteiger partial charge >= 0.3 is 0 Å². The van der Waals surface area contributed by atoms with E-state index in [4.69, 9.17) is 4.52 Å². The van der Waals surface area contributed by atoms with Crippen LogP contribution in [0.3, 0.4) is 0 Å². The molecule has 0 N–H and O–H groups in total. The summed E-state index contributed by atoms with van der Waals surface area (Å²) in [4.78, 5) is 10.0. The number of benzene rings is 1. The Bertz CT molecular complexity index is 574. The molecule has 0 fully saturated rings. The topological polar surface area (TPSA) is 93.9 Å². The molecule has 2 rings (SSSR count). The lowest BCUT2D eigenvalue weighted by Gasteiger charge is -1.92. The van der Waals surface area contributed by atoms with Gasteiger partial charge in [-0.2, -0.15) is 5.11 Å². The molecule has 2 aromatic rings. The number of nitro benzene ring substituents is 1. The minimum atomic E-state index is -0.462. The van der Waals surface area contributed by atoms with Crippen LogP contribution in [0.25, 0.3) is 0 Å². The molecule has 0 aliphatic rings. The van der Waals surface area contributed by atoms with Gasteiger partial charge in [-0.05, 0) is 12.1 Å². The third kappa shape index (κ3) is 2.57. The third-order valence-electron chi connectivity index (χ3n) is 2.28. The molecule has 0 bridgehead atoms. The summed E-state index contributed by atoms with van der Waals surface area (Å²) in [7, 11) is 0. The van der Waals surface area contributed by atoms with Crippen molar-refractivity contribution in [3.8, 4) is 0 Å². The summed E-state index contributed by atoms with van der Waals surface area (Å²) in [5.41, 5.74) is 1.12. The number of aryl methyl sites for hydroxylation is 1. The second-order valence-corrected chi connectivity index (χ2v) is 3.46. The lowest BCUT2D eigenvalue weighted by atomic mass is 10.3. The number of hydrogen-bond acceptors (Lipinski definition) is 6. The smallest absolute Gasteiger partial charge is 0.269 e. The second kappa shape index (κ2) is 5.17.